The number of nitrogens with zero attached hydrogens (tertiary/aromatic N) is 2. The Morgan fingerprint density at radius 2 is 2.50 bits per heavy atom. The van der Waals surface area contributed by atoms with Crippen molar-refractivity contribution in [3.05, 3.63) is 30.4 Å². The van der Waals surface area contributed by atoms with Crippen LogP contribution in [-0.4, -0.2) is 9.55 Å². The van der Waals surface area contributed by atoms with E-state index in [-0.39, 0.29) is 6.04 Å². The zero-order valence-corrected chi connectivity index (χ0v) is 7.62. The molecule has 66 valence electrons. The van der Waals surface area contributed by atoms with Crippen LogP contribution in [-0.2, 0) is 6.54 Å². The minimum atomic E-state index is 0.0341. The highest BCUT2D eigenvalue weighted by atomic mass is 15.1. The summed E-state index contributed by atoms with van der Waals surface area (Å²) in [4.78, 5) is 4.04. The highest BCUT2D eigenvalue weighted by Gasteiger charge is 2.05. The second-order valence-electron chi connectivity index (χ2n) is 3.19. The van der Waals surface area contributed by atoms with Gasteiger partial charge in [-0.3, -0.25) is 0 Å². The lowest BCUT2D eigenvalue weighted by Gasteiger charge is -2.09. The minimum Gasteiger partial charge on any atom is -0.329 e. The maximum absolute atomic E-state index is 5.74. The summed E-state index contributed by atoms with van der Waals surface area (Å²) < 4.78 is 2.02. The normalized spacial score (nSPS) is 12.9. The molecule has 0 radical (unpaired) electrons. The first-order valence-corrected chi connectivity index (χ1v) is 4.01. The highest BCUT2D eigenvalue weighted by Crippen LogP contribution is 2.09. The summed E-state index contributed by atoms with van der Waals surface area (Å²) in [5.41, 5.74) is 7.90. The Balaban J connectivity index is 2.84. The molecule has 0 bridgehead atoms. The van der Waals surface area contributed by atoms with Crippen LogP contribution in [0.25, 0.3) is 0 Å². The molecule has 0 spiro atoms. The summed E-state index contributed by atoms with van der Waals surface area (Å²) in [6, 6.07) is 0.0341. The van der Waals surface area contributed by atoms with Gasteiger partial charge in [0, 0.05) is 18.8 Å². The van der Waals surface area contributed by atoms with E-state index in [1.165, 1.54) is 0 Å². The van der Waals surface area contributed by atoms with Crippen LogP contribution in [0.5, 0.6) is 0 Å². The van der Waals surface area contributed by atoms with E-state index in [2.05, 4.69) is 11.6 Å². The fraction of sp³-hybridized carbons (Fsp3) is 0.444. The minimum absolute atomic E-state index is 0.0341. The lowest BCUT2D eigenvalue weighted by molar-refractivity contribution is 0.669. The molecule has 12 heavy (non-hydrogen) atoms. The topological polar surface area (TPSA) is 43.8 Å². The zero-order chi connectivity index (χ0) is 9.14. The van der Waals surface area contributed by atoms with E-state index in [9.17, 15) is 0 Å². The maximum Gasteiger partial charge on any atom is 0.0951 e. The Morgan fingerprint density at radius 1 is 1.83 bits per heavy atom. The molecule has 1 heterocycles. The SMILES string of the molecule is C=C(C)Cn1cncc1[C@H](C)N. The summed E-state index contributed by atoms with van der Waals surface area (Å²) >= 11 is 0. The molecular weight excluding hydrogens is 150 g/mol. The average molecular weight is 165 g/mol. The van der Waals surface area contributed by atoms with Crippen molar-refractivity contribution in [2.45, 2.75) is 26.4 Å². The van der Waals surface area contributed by atoms with Gasteiger partial charge in [-0.05, 0) is 13.8 Å². The number of imidazole rings is 1. The fourth-order valence-electron chi connectivity index (χ4n) is 1.13. The monoisotopic (exact) mass is 165 g/mol. The van der Waals surface area contributed by atoms with Crippen LogP contribution in [0.15, 0.2) is 24.7 Å². The Bertz CT molecular complexity index is 273. The third kappa shape index (κ3) is 1.95. The second kappa shape index (κ2) is 3.54. The molecule has 1 rings (SSSR count). The summed E-state index contributed by atoms with van der Waals surface area (Å²) in [7, 11) is 0. The van der Waals surface area contributed by atoms with Gasteiger partial charge >= 0.3 is 0 Å². The molecule has 3 heteroatoms. The van der Waals surface area contributed by atoms with Crippen LogP contribution < -0.4 is 5.73 Å². The summed E-state index contributed by atoms with van der Waals surface area (Å²) in [5.74, 6) is 0. The molecule has 0 saturated carbocycles. The number of allylic oxidation sites excluding steroid dienone is 1. The standard InChI is InChI=1S/C9H15N3/c1-7(2)5-12-6-11-4-9(12)8(3)10/h4,6,8H,1,5,10H2,2-3H3/t8-/m0/s1. The molecule has 3 nitrogen and oxygen atoms in total. The van der Waals surface area contributed by atoms with Crippen molar-refractivity contribution in [1.82, 2.24) is 9.55 Å². The van der Waals surface area contributed by atoms with Gasteiger partial charge in [-0.15, -0.1) is 0 Å². The van der Waals surface area contributed by atoms with Crippen LogP contribution >= 0.6 is 0 Å². The van der Waals surface area contributed by atoms with Crippen LogP contribution in [0.3, 0.4) is 0 Å². The van der Waals surface area contributed by atoms with Gasteiger partial charge in [-0.25, -0.2) is 4.98 Å². The lowest BCUT2D eigenvalue weighted by Crippen LogP contribution is -2.12. The van der Waals surface area contributed by atoms with E-state index in [4.69, 9.17) is 5.73 Å². The Kier molecular flexibility index (Phi) is 2.65. The van der Waals surface area contributed by atoms with Crippen molar-refractivity contribution in [3.63, 3.8) is 0 Å². The van der Waals surface area contributed by atoms with Gasteiger partial charge in [-0.1, -0.05) is 12.2 Å². The summed E-state index contributed by atoms with van der Waals surface area (Å²) in [6.07, 6.45) is 3.58. The van der Waals surface area contributed by atoms with Crippen molar-refractivity contribution in [3.8, 4) is 0 Å². The van der Waals surface area contributed by atoms with Crippen molar-refractivity contribution in [2.75, 3.05) is 0 Å². The first-order chi connectivity index (χ1) is 5.61. The molecule has 0 unspecified atom stereocenters. The predicted octanol–water partition coefficient (Wildman–Crippen LogP) is 1.48. The van der Waals surface area contributed by atoms with Crippen molar-refractivity contribution >= 4 is 0 Å². The maximum atomic E-state index is 5.74. The van der Waals surface area contributed by atoms with Gasteiger partial charge in [-0.2, -0.15) is 0 Å². The molecule has 0 aliphatic carbocycles. The first kappa shape index (κ1) is 9.00. The Labute approximate surface area is 72.9 Å². The number of hydrogen-bond acceptors (Lipinski definition) is 2. The van der Waals surface area contributed by atoms with E-state index in [1.54, 1.807) is 12.5 Å². The van der Waals surface area contributed by atoms with Gasteiger partial charge < -0.3 is 10.3 Å². The number of rotatable bonds is 3. The van der Waals surface area contributed by atoms with Crippen LogP contribution in [0.4, 0.5) is 0 Å². The first-order valence-electron chi connectivity index (χ1n) is 4.01. The van der Waals surface area contributed by atoms with E-state index < -0.39 is 0 Å². The Hall–Kier alpha value is -1.09. The molecule has 0 aromatic carbocycles. The highest BCUT2D eigenvalue weighted by molar-refractivity contribution is 5.05. The molecule has 0 fully saturated rings. The lowest BCUT2D eigenvalue weighted by atomic mass is 10.2. The van der Waals surface area contributed by atoms with Crippen LogP contribution in [0.1, 0.15) is 25.6 Å². The number of hydrogen-bond donors (Lipinski definition) is 1. The van der Waals surface area contributed by atoms with Gasteiger partial charge in [0.25, 0.3) is 0 Å². The zero-order valence-electron chi connectivity index (χ0n) is 7.62. The van der Waals surface area contributed by atoms with Crippen LogP contribution in [0, 0.1) is 0 Å². The van der Waals surface area contributed by atoms with E-state index >= 15 is 0 Å². The van der Waals surface area contributed by atoms with E-state index in [0.29, 0.717) is 0 Å². The van der Waals surface area contributed by atoms with Crippen molar-refractivity contribution < 1.29 is 0 Å². The van der Waals surface area contributed by atoms with E-state index in [0.717, 1.165) is 17.8 Å². The Morgan fingerprint density at radius 3 is 3.00 bits per heavy atom. The molecule has 0 saturated heterocycles. The summed E-state index contributed by atoms with van der Waals surface area (Å²) in [5, 5.41) is 0. The molecule has 1 atom stereocenters. The molecule has 0 aliphatic rings. The average Bonchev–Trinajstić information content (AvgIpc) is 2.33. The molecule has 0 amide bonds. The molecule has 0 aliphatic heterocycles. The molecular formula is C9H15N3. The van der Waals surface area contributed by atoms with Gasteiger partial charge in [0.05, 0.1) is 12.0 Å². The molecule has 1 aromatic rings. The number of nitrogens with two attached hydrogens (primary N) is 1. The second-order valence-corrected chi connectivity index (χ2v) is 3.19. The van der Waals surface area contributed by atoms with Gasteiger partial charge in [0.15, 0.2) is 0 Å². The van der Waals surface area contributed by atoms with Crippen molar-refractivity contribution in [2.24, 2.45) is 5.73 Å². The predicted molar refractivity (Wildman–Crippen MR) is 49.6 cm³/mol. The van der Waals surface area contributed by atoms with Crippen molar-refractivity contribution in [1.29, 1.82) is 0 Å². The quantitative estimate of drug-likeness (QED) is 0.689. The van der Waals surface area contributed by atoms with Gasteiger partial charge in [0.1, 0.15) is 0 Å². The van der Waals surface area contributed by atoms with Crippen LogP contribution in [0.2, 0.25) is 0 Å². The van der Waals surface area contributed by atoms with E-state index in [1.807, 2.05) is 18.4 Å². The third-order valence-corrected chi connectivity index (χ3v) is 1.65. The molecule has 2 N–H and O–H groups in total. The smallest absolute Gasteiger partial charge is 0.0951 e. The summed E-state index contributed by atoms with van der Waals surface area (Å²) in [6.45, 7) is 8.58. The largest absolute Gasteiger partial charge is 0.329 e. The fourth-order valence-corrected chi connectivity index (χ4v) is 1.13. The number of aromatic nitrogens is 2. The molecule has 1 aromatic heterocycles. The third-order valence-electron chi connectivity index (χ3n) is 1.65. The van der Waals surface area contributed by atoms with Gasteiger partial charge in [0.2, 0.25) is 0 Å².